The van der Waals surface area contributed by atoms with Gasteiger partial charge in [0.2, 0.25) is 0 Å². The van der Waals surface area contributed by atoms with E-state index in [1.807, 2.05) is 48.5 Å². The van der Waals surface area contributed by atoms with Gasteiger partial charge in [-0.1, -0.05) is 322 Å². The Hall–Kier alpha value is -13.3. The van der Waals surface area contributed by atoms with Crippen LogP contribution in [-0.2, 0) is 0 Å². The number of hydrogen-bond donors (Lipinski definition) is 0. The Balaban J connectivity index is 0.721. The second-order valence-electron chi connectivity index (χ2n) is 24.4. The highest BCUT2D eigenvalue weighted by atomic mass is 16.3. The summed E-state index contributed by atoms with van der Waals surface area (Å²) in [6.07, 6.45) is 0. The lowest BCUT2D eigenvalue weighted by Gasteiger charge is -2.11. The van der Waals surface area contributed by atoms with Crippen LogP contribution >= 0.6 is 0 Å². The first-order chi connectivity index (χ1) is 48.5. The third-order valence-corrected chi connectivity index (χ3v) is 18.5. The topological polar surface area (TPSA) is 104 Å². The molecule has 0 spiro atoms. The fourth-order valence-corrected chi connectivity index (χ4v) is 13.6. The van der Waals surface area contributed by atoms with Crippen LogP contribution in [0.25, 0.3) is 190 Å². The number of benzene rings is 14. The van der Waals surface area contributed by atoms with E-state index in [2.05, 4.69) is 291 Å². The molecule has 98 heavy (non-hydrogen) atoms. The highest BCUT2D eigenvalue weighted by Crippen LogP contribution is 2.46. The average molecular weight is 1250 g/mol. The molecule has 4 heterocycles. The van der Waals surface area contributed by atoms with Crippen molar-refractivity contribution in [3.05, 3.63) is 340 Å². The average Bonchev–Trinajstić information content (AvgIpc) is 1.63. The number of rotatable bonds is 13. The summed E-state index contributed by atoms with van der Waals surface area (Å²) in [4.78, 5) is 31.0. The zero-order valence-electron chi connectivity index (χ0n) is 52.8. The Kier molecular flexibility index (Phi) is 14.4. The number of aromatic nitrogens is 6. The monoisotopic (exact) mass is 1250 g/mol. The van der Waals surface area contributed by atoms with E-state index in [0.29, 0.717) is 34.9 Å². The summed E-state index contributed by atoms with van der Waals surface area (Å²) in [5.41, 5.74) is 23.3. The first kappa shape index (κ1) is 57.4. The molecule has 0 N–H and O–H groups in total. The van der Waals surface area contributed by atoms with Gasteiger partial charge in [-0.25, -0.2) is 29.9 Å². The van der Waals surface area contributed by atoms with E-state index in [1.54, 1.807) is 0 Å². The van der Waals surface area contributed by atoms with Crippen molar-refractivity contribution >= 4 is 43.9 Å². The Morgan fingerprint density at radius 3 is 0.908 bits per heavy atom. The predicted molar refractivity (Wildman–Crippen MR) is 398 cm³/mol. The van der Waals surface area contributed by atoms with E-state index in [9.17, 15) is 0 Å². The van der Waals surface area contributed by atoms with Crippen LogP contribution in [0.3, 0.4) is 0 Å². The lowest BCUT2D eigenvalue weighted by Crippen LogP contribution is -2.00. The minimum Gasteiger partial charge on any atom is -0.455 e. The van der Waals surface area contributed by atoms with E-state index in [-0.39, 0.29) is 0 Å². The van der Waals surface area contributed by atoms with Crippen LogP contribution in [0.1, 0.15) is 0 Å². The fourth-order valence-electron chi connectivity index (χ4n) is 13.6. The first-order valence-electron chi connectivity index (χ1n) is 32.8. The zero-order chi connectivity index (χ0) is 64.9. The summed E-state index contributed by atoms with van der Waals surface area (Å²) in [6.45, 7) is 0. The maximum Gasteiger partial charge on any atom is 0.164 e. The molecule has 18 rings (SSSR count). The van der Waals surface area contributed by atoms with Crippen molar-refractivity contribution in [1.82, 2.24) is 29.9 Å². The quantitative estimate of drug-likeness (QED) is 0.112. The Morgan fingerprint density at radius 1 is 0.163 bits per heavy atom. The maximum atomic E-state index is 7.33. The lowest BCUT2D eigenvalue weighted by molar-refractivity contribution is 0.670. The van der Waals surface area contributed by atoms with Crippen LogP contribution in [0.15, 0.2) is 349 Å². The molecule has 0 radical (unpaired) electrons. The van der Waals surface area contributed by atoms with Gasteiger partial charge < -0.3 is 8.83 Å². The molecule has 0 aliphatic rings. The van der Waals surface area contributed by atoms with Gasteiger partial charge in [0.25, 0.3) is 0 Å². The lowest BCUT2D eigenvalue weighted by atomic mass is 9.93. The number of furan rings is 2. The van der Waals surface area contributed by atoms with E-state index in [4.69, 9.17) is 38.7 Å². The molecule has 4 aromatic heterocycles. The maximum absolute atomic E-state index is 7.33. The van der Waals surface area contributed by atoms with Crippen molar-refractivity contribution in [2.45, 2.75) is 0 Å². The highest BCUT2D eigenvalue weighted by molar-refractivity contribution is 6.19. The largest absolute Gasteiger partial charge is 0.455 e. The van der Waals surface area contributed by atoms with E-state index in [1.165, 1.54) is 0 Å². The van der Waals surface area contributed by atoms with Crippen molar-refractivity contribution in [2.75, 3.05) is 0 Å². The number of nitrogens with zero attached hydrogens (tertiary/aromatic N) is 6. The third-order valence-electron chi connectivity index (χ3n) is 18.5. The van der Waals surface area contributed by atoms with Crippen molar-refractivity contribution in [1.29, 1.82) is 0 Å². The molecule has 0 saturated heterocycles. The van der Waals surface area contributed by atoms with E-state index < -0.39 is 0 Å². The van der Waals surface area contributed by atoms with Gasteiger partial charge in [-0.2, -0.15) is 0 Å². The SMILES string of the molecule is c1ccc(-c2ccc(-c3nc(-c4ccccc4)nc(-c4ccc(-c5ccc(-c6ccccc6)c6c5oc5c(-c7cccc(-c8nc(-c9ccc(-c%10ccccc%10)cc9)nc(-c9ccc(-c%10cccc%11c%10oc%10cccc(-c%12ccccc%12)c%10%11)cc9)n8)c7)cccc56)cc4)n3)cc2)cc1. The van der Waals surface area contributed by atoms with Gasteiger partial charge in [0, 0.05) is 71.6 Å². The summed E-state index contributed by atoms with van der Waals surface area (Å²) < 4.78 is 14.0. The second-order valence-corrected chi connectivity index (χ2v) is 24.4. The number of hydrogen-bond acceptors (Lipinski definition) is 8. The zero-order valence-corrected chi connectivity index (χ0v) is 52.8. The molecule has 0 amide bonds. The molecule has 0 saturated carbocycles. The van der Waals surface area contributed by atoms with E-state index in [0.717, 1.165) is 155 Å². The molecule has 0 aliphatic heterocycles. The van der Waals surface area contributed by atoms with Crippen LogP contribution in [0.5, 0.6) is 0 Å². The minimum atomic E-state index is 0.542. The van der Waals surface area contributed by atoms with E-state index >= 15 is 0 Å². The van der Waals surface area contributed by atoms with Gasteiger partial charge in [0.05, 0.1) is 0 Å². The van der Waals surface area contributed by atoms with Crippen LogP contribution in [0, 0.1) is 0 Å². The first-order valence-corrected chi connectivity index (χ1v) is 32.8. The molecule has 8 nitrogen and oxygen atoms in total. The van der Waals surface area contributed by atoms with Gasteiger partial charge in [0.1, 0.15) is 22.3 Å². The van der Waals surface area contributed by atoms with Gasteiger partial charge in [0.15, 0.2) is 34.9 Å². The molecule has 0 fully saturated rings. The Labute approximate surface area is 565 Å². The second kappa shape index (κ2) is 24.6. The standard InChI is InChI=1S/C90H56N6O2/c1-6-20-57(21-7-1)59-38-46-66(47-39-59)86-91-85(65-28-14-5-15-29-65)92-87(93-86)68-52-44-64(45-53-68)76-55-54-73(62-26-12-4-13-27-62)81-78-36-18-34-75(83(78)98-84(76)81)70-30-16-31-71(56-70)90-95-88(67-48-40-60(41-49-67)58-22-8-2-9-23-58)94-89(96-90)69-50-42-63(43-51-69)74-33-17-35-77-80-72(61-24-10-3-11-25-61)32-19-37-79(80)97-82(74)77/h1-56H. The van der Waals surface area contributed by atoms with Crippen molar-refractivity contribution in [3.8, 4) is 146 Å². The third kappa shape index (κ3) is 10.6. The number of para-hydroxylation sites is 2. The van der Waals surface area contributed by atoms with Gasteiger partial charge in [-0.3, -0.25) is 0 Å². The summed E-state index contributed by atoms with van der Waals surface area (Å²) in [7, 11) is 0. The molecule has 14 aromatic carbocycles. The van der Waals surface area contributed by atoms with Crippen LogP contribution in [0.4, 0.5) is 0 Å². The smallest absolute Gasteiger partial charge is 0.164 e. The predicted octanol–water partition coefficient (Wildman–Crippen LogP) is 23.5. The molecule has 18 aromatic rings. The minimum absolute atomic E-state index is 0.542. The molecule has 0 aliphatic carbocycles. The van der Waals surface area contributed by atoms with Crippen LogP contribution < -0.4 is 0 Å². The molecule has 0 atom stereocenters. The normalized spacial score (nSPS) is 11.5. The molecular formula is C90H56N6O2. The fraction of sp³-hybridized carbons (Fsp3) is 0. The van der Waals surface area contributed by atoms with Gasteiger partial charge in [-0.05, 0) is 79.4 Å². The van der Waals surface area contributed by atoms with Gasteiger partial charge in [-0.15, -0.1) is 0 Å². The van der Waals surface area contributed by atoms with Crippen LogP contribution in [0.2, 0.25) is 0 Å². The van der Waals surface area contributed by atoms with Crippen molar-refractivity contribution in [3.63, 3.8) is 0 Å². The Morgan fingerprint density at radius 2 is 0.439 bits per heavy atom. The molecular weight excluding hydrogens is 1200 g/mol. The summed E-state index contributed by atoms with van der Waals surface area (Å²) in [5.74, 6) is 3.44. The Bertz CT molecular complexity index is 5980. The van der Waals surface area contributed by atoms with Crippen LogP contribution in [-0.4, -0.2) is 29.9 Å². The van der Waals surface area contributed by atoms with Crippen molar-refractivity contribution < 1.29 is 8.83 Å². The highest BCUT2D eigenvalue weighted by Gasteiger charge is 2.23. The number of fused-ring (bicyclic) bond motifs is 6. The molecule has 0 bridgehead atoms. The van der Waals surface area contributed by atoms with Gasteiger partial charge >= 0.3 is 0 Å². The van der Waals surface area contributed by atoms with Crippen molar-refractivity contribution in [2.24, 2.45) is 0 Å². The summed E-state index contributed by atoms with van der Waals surface area (Å²) in [5, 5.41) is 4.21. The molecule has 458 valence electrons. The molecule has 8 heteroatoms. The summed E-state index contributed by atoms with van der Waals surface area (Å²) >= 11 is 0. The molecule has 0 unspecified atom stereocenters. The summed E-state index contributed by atoms with van der Waals surface area (Å²) in [6, 6.07) is 118.